The molecule has 0 amide bonds. The standard InChI is InChI=1S/C14H10N2O2/c1-9-11-4-2-3-5-12(11)13-7-6-10(16(17)18)8-14(13)15-9/h2-8H,1H3. The first-order chi connectivity index (χ1) is 8.66. The summed E-state index contributed by atoms with van der Waals surface area (Å²) >= 11 is 0. The predicted octanol–water partition coefficient (Wildman–Crippen LogP) is 3.60. The fraction of sp³-hybridized carbons (Fsp3) is 0.0714. The number of pyridine rings is 1. The van der Waals surface area contributed by atoms with Gasteiger partial charge in [-0.3, -0.25) is 15.1 Å². The fourth-order valence-electron chi connectivity index (χ4n) is 2.23. The number of aromatic nitrogens is 1. The second-order valence-electron chi connectivity index (χ2n) is 4.20. The minimum Gasteiger partial charge on any atom is -0.258 e. The van der Waals surface area contributed by atoms with Crippen LogP contribution in [-0.4, -0.2) is 9.91 Å². The molecule has 0 saturated heterocycles. The van der Waals surface area contributed by atoms with Gasteiger partial charge in [0.1, 0.15) is 0 Å². The van der Waals surface area contributed by atoms with E-state index in [1.807, 2.05) is 31.2 Å². The number of nitrogens with zero attached hydrogens (tertiary/aromatic N) is 2. The Bertz CT molecular complexity index is 781. The molecule has 3 rings (SSSR count). The monoisotopic (exact) mass is 238 g/mol. The zero-order chi connectivity index (χ0) is 12.7. The van der Waals surface area contributed by atoms with Gasteiger partial charge in [0, 0.05) is 28.6 Å². The van der Waals surface area contributed by atoms with Crippen molar-refractivity contribution in [2.24, 2.45) is 0 Å². The molecule has 0 spiro atoms. The van der Waals surface area contributed by atoms with Crippen LogP contribution >= 0.6 is 0 Å². The first-order valence-electron chi connectivity index (χ1n) is 5.60. The first kappa shape index (κ1) is 10.7. The molecule has 0 atom stereocenters. The molecular weight excluding hydrogens is 228 g/mol. The van der Waals surface area contributed by atoms with Crippen molar-refractivity contribution in [3.05, 3.63) is 58.3 Å². The third-order valence-corrected chi connectivity index (χ3v) is 3.09. The largest absolute Gasteiger partial charge is 0.271 e. The maximum absolute atomic E-state index is 10.8. The van der Waals surface area contributed by atoms with E-state index in [2.05, 4.69) is 4.98 Å². The molecule has 0 unspecified atom stereocenters. The van der Waals surface area contributed by atoms with Crippen LogP contribution in [0.4, 0.5) is 5.69 Å². The molecule has 0 aliphatic heterocycles. The highest BCUT2D eigenvalue weighted by Crippen LogP contribution is 2.28. The number of fused-ring (bicyclic) bond motifs is 3. The van der Waals surface area contributed by atoms with Gasteiger partial charge in [0.2, 0.25) is 0 Å². The van der Waals surface area contributed by atoms with Crippen molar-refractivity contribution in [3.63, 3.8) is 0 Å². The van der Waals surface area contributed by atoms with Crippen molar-refractivity contribution < 1.29 is 4.92 Å². The van der Waals surface area contributed by atoms with Crippen LogP contribution in [0.2, 0.25) is 0 Å². The summed E-state index contributed by atoms with van der Waals surface area (Å²) in [4.78, 5) is 14.8. The van der Waals surface area contributed by atoms with Crippen LogP contribution in [-0.2, 0) is 0 Å². The molecule has 4 nitrogen and oxygen atoms in total. The van der Waals surface area contributed by atoms with Gasteiger partial charge < -0.3 is 0 Å². The number of benzene rings is 2. The molecule has 0 saturated carbocycles. The lowest BCUT2D eigenvalue weighted by molar-refractivity contribution is -0.384. The number of aryl methyl sites for hydroxylation is 1. The van der Waals surface area contributed by atoms with E-state index in [0.717, 1.165) is 21.9 Å². The normalized spacial score (nSPS) is 10.9. The van der Waals surface area contributed by atoms with Gasteiger partial charge in [-0.2, -0.15) is 0 Å². The van der Waals surface area contributed by atoms with Crippen LogP contribution in [0.25, 0.3) is 21.7 Å². The van der Waals surface area contributed by atoms with Gasteiger partial charge in [0.15, 0.2) is 0 Å². The van der Waals surface area contributed by atoms with Crippen molar-refractivity contribution in [1.29, 1.82) is 0 Å². The summed E-state index contributed by atoms with van der Waals surface area (Å²) in [7, 11) is 0. The summed E-state index contributed by atoms with van der Waals surface area (Å²) in [6, 6.07) is 12.8. The van der Waals surface area contributed by atoms with Crippen LogP contribution < -0.4 is 0 Å². The van der Waals surface area contributed by atoms with E-state index in [9.17, 15) is 10.1 Å². The molecule has 88 valence electrons. The molecule has 1 aromatic heterocycles. The Morgan fingerprint density at radius 1 is 1.06 bits per heavy atom. The van der Waals surface area contributed by atoms with Crippen molar-refractivity contribution in [2.75, 3.05) is 0 Å². The summed E-state index contributed by atoms with van der Waals surface area (Å²) in [6.07, 6.45) is 0. The Morgan fingerprint density at radius 2 is 1.78 bits per heavy atom. The summed E-state index contributed by atoms with van der Waals surface area (Å²) < 4.78 is 0. The van der Waals surface area contributed by atoms with E-state index in [1.165, 1.54) is 12.1 Å². The van der Waals surface area contributed by atoms with Gasteiger partial charge in [-0.25, -0.2) is 0 Å². The molecular formula is C14H10N2O2. The molecule has 2 aromatic carbocycles. The van der Waals surface area contributed by atoms with Gasteiger partial charge in [0.05, 0.1) is 10.4 Å². The van der Waals surface area contributed by atoms with Gasteiger partial charge >= 0.3 is 0 Å². The Hall–Kier alpha value is -2.49. The van der Waals surface area contributed by atoms with Crippen LogP contribution in [0.15, 0.2) is 42.5 Å². The zero-order valence-electron chi connectivity index (χ0n) is 9.75. The SMILES string of the molecule is Cc1nc2cc([N+](=O)[O-])ccc2c2ccccc12. The lowest BCUT2D eigenvalue weighted by Crippen LogP contribution is -1.91. The van der Waals surface area contributed by atoms with E-state index in [0.29, 0.717) is 5.52 Å². The smallest absolute Gasteiger partial charge is 0.258 e. The average Bonchev–Trinajstić information content (AvgIpc) is 2.38. The summed E-state index contributed by atoms with van der Waals surface area (Å²) in [6.45, 7) is 1.92. The number of nitro groups is 1. The highest BCUT2D eigenvalue weighted by Gasteiger charge is 2.10. The van der Waals surface area contributed by atoms with E-state index in [4.69, 9.17) is 0 Å². The van der Waals surface area contributed by atoms with E-state index in [-0.39, 0.29) is 5.69 Å². The Kier molecular flexibility index (Phi) is 2.23. The van der Waals surface area contributed by atoms with Crippen molar-refractivity contribution in [2.45, 2.75) is 6.92 Å². The van der Waals surface area contributed by atoms with Crippen molar-refractivity contribution >= 4 is 27.4 Å². The second-order valence-corrected chi connectivity index (χ2v) is 4.20. The Morgan fingerprint density at radius 3 is 2.50 bits per heavy atom. The first-order valence-corrected chi connectivity index (χ1v) is 5.60. The maximum Gasteiger partial charge on any atom is 0.271 e. The Labute approximate surface area is 103 Å². The molecule has 3 aromatic rings. The van der Waals surface area contributed by atoms with Crippen LogP contribution in [0.1, 0.15) is 5.69 Å². The van der Waals surface area contributed by atoms with Crippen LogP contribution in [0.5, 0.6) is 0 Å². The highest BCUT2D eigenvalue weighted by atomic mass is 16.6. The van der Waals surface area contributed by atoms with E-state index >= 15 is 0 Å². The van der Waals surface area contributed by atoms with Crippen LogP contribution in [0.3, 0.4) is 0 Å². The van der Waals surface area contributed by atoms with Gasteiger partial charge in [-0.15, -0.1) is 0 Å². The number of rotatable bonds is 1. The minimum absolute atomic E-state index is 0.0738. The molecule has 0 fully saturated rings. The number of nitro benzene ring substituents is 1. The molecule has 0 aliphatic carbocycles. The van der Waals surface area contributed by atoms with Gasteiger partial charge in [-0.1, -0.05) is 24.3 Å². The second kappa shape index (κ2) is 3.77. The average molecular weight is 238 g/mol. The van der Waals surface area contributed by atoms with Gasteiger partial charge in [-0.05, 0) is 18.4 Å². The predicted molar refractivity (Wildman–Crippen MR) is 70.6 cm³/mol. The molecule has 18 heavy (non-hydrogen) atoms. The third kappa shape index (κ3) is 1.50. The van der Waals surface area contributed by atoms with Crippen molar-refractivity contribution in [1.82, 2.24) is 4.98 Å². The molecule has 4 heteroatoms. The molecule has 1 heterocycles. The van der Waals surface area contributed by atoms with Crippen molar-refractivity contribution in [3.8, 4) is 0 Å². The topological polar surface area (TPSA) is 56.0 Å². The lowest BCUT2D eigenvalue weighted by Gasteiger charge is -2.06. The van der Waals surface area contributed by atoms with E-state index in [1.54, 1.807) is 6.07 Å². The molecule has 0 radical (unpaired) electrons. The maximum atomic E-state index is 10.8. The number of hydrogen-bond donors (Lipinski definition) is 0. The van der Waals surface area contributed by atoms with E-state index < -0.39 is 4.92 Å². The quantitative estimate of drug-likeness (QED) is 0.369. The lowest BCUT2D eigenvalue weighted by atomic mass is 10.0. The van der Waals surface area contributed by atoms with Crippen LogP contribution in [0, 0.1) is 17.0 Å². The molecule has 0 bridgehead atoms. The summed E-state index contributed by atoms with van der Waals surface area (Å²) in [5, 5.41) is 13.9. The third-order valence-electron chi connectivity index (χ3n) is 3.09. The Balaban J connectivity index is 2.46. The highest BCUT2D eigenvalue weighted by molar-refractivity contribution is 6.06. The van der Waals surface area contributed by atoms with Gasteiger partial charge in [0.25, 0.3) is 5.69 Å². The molecule has 0 N–H and O–H groups in total. The summed E-state index contributed by atoms with van der Waals surface area (Å²) in [5.74, 6) is 0. The zero-order valence-corrected chi connectivity index (χ0v) is 9.75. The fourth-order valence-corrected chi connectivity index (χ4v) is 2.23. The summed E-state index contributed by atoms with van der Waals surface area (Å²) in [5.41, 5.74) is 1.63. The minimum atomic E-state index is -0.397. The molecule has 0 aliphatic rings. The number of non-ortho nitro benzene ring substituents is 1. The number of hydrogen-bond acceptors (Lipinski definition) is 3.